The summed E-state index contributed by atoms with van der Waals surface area (Å²) < 4.78 is 5.68. The summed E-state index contributed by atoms with van der Waals surface area (Å²) in [6, 6.07) is -0.267. The van der Waals surface area contributed by atoms with Crippen LogP contribution in [0.2, 0.25) is 0 Å². The molecule has 2 heterocycles. The number of hydrogen-bond donors (Lipinski definition) is 2. The standard InChI is InChI=1S/C13H20N2O4/c1-13(11(16)17,8-2-3-8)14-12(18)15-6-9-4-5-10(7-15)19-9/h8-10H,2-7H2,1H3,(H,14,18)(H,16,17). The minimum atomic E-state index is -1.13. The van der Waals surface area contributed by atoms with Crippen LogP contribution in [-0.2, 0) is 9.53 Å². The number of carboxylic acid groups (broad SMARTS) is 1. The fourth-order valence-corrected chi connectivity index (χ4v) is 3.07. The van der Waals surface area contributed by atoms with E-state index in [-0.39, 0.29) is 24.2 Å². The smallest absolute Gasteiger partial charge is 0.329 e. The highest BCUT2D eigenvalue weighted by Crippen LogP contribution is 2.40. The van der Waals surface area contributed by atoms with Gasteiger partial charge >= 0.3 is 12.0 Å². The van der Waals surface area contributed by atoms with Gasteiger partial charge in [-0.2, -0.15) is 0 Å². The third kappa shape index (κ3) is 2.29. The van der Waals surface area contributed by atoms with Gasteiger partial charge in [-0.25, -0.2) is 9.59 Å². The molecule has 3 fully saturated rings. The van der Waals surface area contributed by atoms with Crippen molar-refractivity contribution in [1.29, 1.82) is 0 Å². The van der Waals surface area contributed by atoms with E-state index in [0.717, 1.165) is 25.7 Å². The molecular weight excluding hydrogens is 248 g/mol. The molecule has 0 radical (unpaired) electrons. The molecule has 1 saturated carbocycles. The summed E-state index contributed by atoms with van der Waals surface area (Å²) in [7, 11) is 0. The fraction of sp³-hybridized carbons (Fsp3) is 0.846. The van der Waals surface area contributed by atoms with Gasteiger partial charge in [0.2, 0.25) is 0 Å². The Hall–Kier alpha value is -1.30. The molecule has 0 aromatic carbocycles. The number of carbonyl (C=O) groups excluding carboxylic acids is 1. The third-order valence-corrected chi connectivity index (χ3v) is 4.54. The molecule has 0 aromatic heterocycles. The van der Waals surface area contributed by atoms with Gasteiger partial charge in [0, 0.05) is 13.1 Å². The SMILES string of the molecule is CC(NC(=O)N1CC2CCC(C1)O2)(C(=O)O)C1CC1. The summed E-state index contributed by atoms with van der Waals surface area (Å²) in [5, 5.41) is 12.1. The first-order valence-corrected chi connectivity index (χ1v) is 6.95. The lowest BCUT2D eigenvalue weighted by atomic mass is 9.96. The summed E-state index contributed by atoms with van der Waals surface area (Å²) in [6.07, 6.45) is 3.98. The van der Waals surface area contributed by atoms with Gasteiger partial charge in [0.05, 0.1) is 12.2 Å². The molecule has 3 aliphatic rings. The van der Waals surface area contributed by atoms with Crippen molar-refractivity contribution in [2.24, 2.45) is 5.92 Å². The van der Waals surface area contributed by atoms with Crippen molar-refractivity contribution in [3.05, 3.63) is 0 Å². The van der Waals surface area contributed by atoms with Gasteiger partial charge in [-0.3, -0.25) is 0 Å². The second-order valence-corrected chi connectivity index (χ2v) is 6.07. The lowest BCUT2D eigenvalue weighted by molar-refractivity contribution is -0.144. The van der Waals surface area contributed by atoms with Gasteiger partial charge in [-0.05, 0) is 38.5 Å². The summed E-state index contributed by atoms with van der Waals surface area (Å²) in [4.78, 5) is 25.4. The molecule has 2 aliphatic heterocycles. The van der Waals surface area contributed by atoms with Crippen LogP contribution in [0.4, 0.5) is 4.79 Å². The molecule has 6 nitrogen and oxygen atoms in total. The van der Waals surface area contributed by atoms with Gasteiger partial charge in [0.15, 0.2) is 0 Å². The predicted octanol–water partition coefficient (Wildman–Crippen LogP) is 0.812. The largest absolute Gasteiger partial charge is 0.480 e. The Bertz CT molecular complexity index is 397. The number of nitrogens with zero attached hydrogens (tertiary/aromatic N) is 1. The molecule has 2 amide bonds. The van der Waals surface area contributed by atoms with Crippen molar-refractivity contribution in [1.82, 2.24) is 10.2 Å². The van der Waals surface area contributed by atoms with E-state index in [0.29, 0.717) is 13.1 Å². The zero-order valence-electron chi connectivity index (χ0n) is 11.1. The van der Waals surface area contributed by atoms with Crippen LogP contribution in [0.25, 0.3) is 0 Å². The summed E-state index contributed by atoms with van der Waals surface area (Å²) in [5.41, 5.74) is -1.13. The molecule has 2 N–H and O–H groups in total. The van der Waals surface area contributed by atoms with E-state index in [9.17, 15) is 14.7 Å². The minimum Gasteiger partial charge on any atom is -0.480 e. The zero-order valence-corrected chi connectivity index (χ0v) is 11.1. The van der Waals surface area contributed by atoms with Crippen molar-refractivity contribution < 1.29 is 19.4 Å². The first-order valence-electron chi connectivity index (χ1n) is 6.95. The summed E-state index contributed by atoms with van der Waals surface area (Å²) in [6.45, 7) is 2.76. The molecule has 0 aromatic rings. The maximum absolute atomic E-state index is 12.3. The fourth-order valence-electron chi connectivity index (χ4n) is 3.07. The number of nitrogens with one attached hydrogen (secondary N) is 1. The van der Waals surface area contributed by atoms with Crippen LogP contribution in [0.5, 0.6) is 0 Å². The highest BCUT2D eigenvalue weighted by molar-refractivity contribution is 5.86. The molecule has 1 aliphatic carbocycles. The molecule has 3 unspecified atom stereocenters. The van der Waals surface area contributed by atoms with E-state index in [1.54, 1.807) is 11.8 Å². The average Bonchev–Trinajstić information content (AvgIpc) is 3.16. The topological polar surface area (TPSA) is 78.9 Å². The molecule has 0 spiro atoms. The Morgan fingerprint density at radius 1 is 1.21 bits per heavy atom. The summed E-state index contributed by atoms with van der Waals surface area (Å²) >= 11 is 0. The number of ether oxygens (including phenoxy) is 1. The molecule has 3 atom stereocenters. The summed E-state index contributed by atoms with van der Waals surface area (Å²) in [5.74, 6) is -0.883. The molecule has 2 bridgehead atoms. The number of urea groups is 1. The van der Waals surface area contributed by atoms with E-state index in [4.69, 9.17) is 4.74 Å². The maximum Gasteiger partial charge on any atom is 0.329 e. The Labute approximate surface area is 112 Å². The minimum absolute atomic E-state index is 0.0618. The number of likely N-dealkylation sites (tertiary alicyclic amines) is 1. The molecule has 19 heavy (non-hydrogen) atoms. The lowest BCUT2D eigenvalue weighted by Gasteiger charge is -2.35. The van der Waals surface area contributed by atoms with Crippen LogP contribution in [0, 0.1) is 5.92 Å². The molecule has 3 rings (SSSR count). The number of amides is 2. The van der Waals surface area contributed by atoms with Crippen LogP contribution in [0.3, 0.4) is 0 Å². The van der Waals surface area contributed by atoms with E-state index in [1.165, 1.54) is 0 Å². The Balaban J connectivity index is 1.65. The van der Waals surface area contributed by atoms with Crippen molar-refractivity contribution >= 4 is 12.0 Å². The number of aliphatic carboxylic acids is 1. The molecular formula is C13H20N2O4. The van der Waals surface area contributed by atoms with Gasteiger partial charge in [0.1, 0.15) is 5.54 Å². The third-order valence-electron chi connectivity index (χ3n) is 4.54. The number of carbonyl (C=O) groups is 2. The van der Waals surface area contributed by atoms with E-state index < -0.39 is 11.5 Å². The second kappa shape index (κ2) is 4.37. The molecule has 6 heteroatoms. The average molecular weight is 268 g/mol. The highest BCUT2D eigenvalue weighted by atomic mass is 16.5. The van der Waals surface area contributed by atoms with Gasteiger partial charge < -0.3 is 20.1 Å². The molecule has 2 saturated heterocycles. The van der Waals surface area contributed by atoms with Gasteiger partial charge in [0.25, 0.3) is 0 Å². The number of rotatable bonds is 3. The highest BCUT2D eigenvalue weighted by Gasteiger charge is 2.49. The molecule has 106 valence electrons. The number of hydrogen-bond acceptors (Lipinski definition) is 3. The van der Waals surface area contributed by atoms with Crippen molar-refractivity contribution in [3.63, 3.8) is 0 Å². The number of carboxylic acids is 1. The predicted molar refractivity (Wildman–Crippen MR) is 66.8 cm³/mol. The van der Waals surface area contributed by atoms with E-state index in [2.05, 4.69) is 5.32 Å². The van der Waals surface area contributed by atoms with Gasteiger partial charge in [-0.15, -0.1) is 0 Å². The first kappa shape index (κ1) is 12.7. The lowest BCUT2D eigenvalue weighted by Crippen LogP contribution is -2.59. The Kier molecular flexibility index (Phi) is 2.92. The van der Waals surface area contributed by atoms with Crippen molar-refractivity contribution in [2.75, 3.05) is 13.1 Å². The van der Waals surface area contributed by atoms with Crippen molar-refractivity contribution in [2.45, 2.75) is 50.4 Å². The maximum atomic E-state index is 12.3. The zero-order chi connectivity index (χ0) is 13.6. The van der Waals surface area contributed by atoms with E-state index in [1.807, 2.05) is 0 Å². The quantitative estimate of drug-likeness (QED) is 0.794. The van der Waals surface area contributed by atoms with E-state index >= 15 is 0 Å². The Morgan fingerprint density at radius 2 is 1.79 bits per heavy atom. The number of fused-ring (bicyclic) bond motifs is 2. The van der Waals surface area contributed by atoms with Crippen LogP contribution < -0.4 is 5.32 Å². The monoisotopic (exact) mass is 268 g/mol. The van der Waals surface area contributed by atoms with Crippen LogP contribution >= 0.6 is 0 Å². The Morgan fingerprint density at radius 3 is 2.26 bits per heavy atom. The van der Waals surface area contributed by atoms with Crippen LogP contribution in [0.1, 0.15) is 32.6 Å². The van der Waals surface area contributed by atoms with Crippen LogP contribution in [-0.4, -0.2) is 52.8 Å². The van der Waals surface area contributed by atoms with Crippen LogP contribution in [0.15, 0.2) is 0 Å². The second-order valence-electron chi connectivity index (χ2n) is 6.07. The first-order chi connectivity index (χ1) is 8.99. The van der Waals surface area contributed by atoms with Gasteiger partial charge in [-0.1, -0.05) is 0 Å². The number of morpholine rings is 1. The normalized spacial score (nSPS) is 32.8. The van der Waals surface area contributed by atoms with Crippen molar-refractivity contribution in [3.8, 4) is 0 Å².